The van der Waals surface area contributed by atoms with Crippen LogP contribution in [0.3, 0.4) is 0 Å². The molecule has 164 valence electrons. The van der Waals surface area contributed by atoms with Gasteiger partial charge in [0.1, 0.15) is 24.7 Å². The second kappa shape index (κ2) is 15.6. The lowest BCUT2D eigenvalue weighted by atomic mass is 10.0. The Morgan fingerprint density at radius 3 is 2.10 bits per heavy atom. The predicted octanol–water partition coefficient (Wildman–Crippen LogP) is 7.41. The summed E-state index contributed by atoms with van der Waals surface area (Å²) in [5.74, 6) is 1.88. The van der Waals surface area contributed by atoms with Gasteiger partial charge in [0.15, 0.2) is 0 Å². The zero-order chi connectivity index (χ0) is 21.5. The van der Waals surface area contributed by atoms with Crippen molar-refractivity contribution < 1.29 is 14.3 Å². The summed E-state index contributed by atoms with van der Waals surface area (Å²) in [4.78, 5) is 5.22. The van der Waals surface area contributed by atoms with Crippen molar-refractivity contribution in [1.29, 1.82) is 0 Å². The molecular weight excluding hydrogens is 454 g/mol. The van der Waals surface area contributed by atoms with Crippen molar-refractivity contribution in [2.45, 2.75) is 72.6 Å². The van der Waals surface area contributed by atoms with Gasteiger partial charge in [-0.3, -0.25) is 0 Å². The van der Waals surface area contributed by atoms with E-state index in [4.69, 9.17) is 25.9 Å². The SMILES string of the molecule is CCc1cc(OC/C=C(\Cl)Br)cc(CC)c1OCCCCCCCON=C(C)C. The minimum absolute atomic E-state index is 0.437. The van der Waals surface area contributed by atoms with Crippen LogP contribution in [0.1, 0.15) is 70.9 Å². The molecule has 0 aliphatic carbocycles. The van der Waals surface area contributed by atoms with Gasteiger partial charge in [0, 0.05) is 0 Å². The quantitative estimate of drug-likeness (QED) is 0.147. The van der Waals surface area contributed by atoms with Gasteiger partial charge in [0.05, 0.1) is 16.3 Å². The molecule has 0 aromatic heterocycles. The molecule has 1 rings (SSSR count). The Morgan fingerprint density at radius 2 is 1.55 bits per heavy atom. The van der Waals surface area contributed by atoms with E-state index in [1.165, 1.54) is 24.0 Å². The average Bonchev–Trinajstić information content (AvgIpc) is 2.68. The minimum atomic E-state index is 0.437. The standard InChI is InChI=1S/C23H35BrClNO3/c1-5-19-16-21(27-15-12-22(24)25)17-20(6-2)23(19)28-13-10-8-7-9-11-14-29-26-18(3)4/h12,16-17H,5-11,13-15H2,1-4H3/b22-12-. The average molecular weight is 489 g/mol. The van der Waals surface area contributed by atoms with E-state index in [1.54, 1.807) is 6.08 Å². The predicted molar refractivity (Wildman–Crippen MR) is 127 cm³/mol. The Balaban J connectivity index is 2.42. The molecule has 0 fully saturated rings. The molecular formula is C23H35BrClNO3. The third kappa shape index (κ3) is 11.5. The van der Waals surface area contributed by atoms with E-state index in [1.807, 2.05) is 13.8 Å². The summed E-state index contributed by atoms with van der Waals surface area (Å²) in [6.07, 6.45) is 9.24. The van der Waals surface area contributed by atoms with Crippen LogP contribution in [0.15, 0.2) is 27.3 Å². The molecule has 0 radical (unpaired) electrons. The molecule has 0 aliphatic heterocycles. The Bertz CT molecular complexity index is 629. The maximum atomic E-state index is 6.18. The molecule has 1 aromatic carbocycles. The van der Waals surface area contributed by atoms with Gasteiger partial charge in [-0.05, 0) is 91.2 Å². The number of benzene rings is 1. The van der Waals surface area contributed by atoms with Gasteiger partial charge in [-0.15, -0.1) is 0 Å². The van der Waals surface area contributed by atoms with Crippen LogP contribution < -0.4 is 9.47 Å². The van der Waals surface area contributed by atoms with Crippen molar-refractivity contribution in [3.63, 3.8) is 0 Å². The van der Waals surface area contributed by atoms with Crippen LogP contribution in [-0.4, -0.2) is 25.5 Å². The number of nitrogens with zero attached hydrogens (tertiary/aromatic N) is 1. The minimum Gasteiger partial charge on any atom is -0.493 e. The number of oxime groups is 1. The highest BCUT2D eigenvalue weighted by atomic mass is 79.9. The van der Waals surface area contributed by atoms with Crippen molar-refractivity contribution in [3.8, 4) is 11.5 Å². The van der Waals surface area contributed by atoms with E-state index in [0.717, 1.165) is 55.9 Å². The smallest absolute Gasteiger partial charge is 0.125 e. The highest BCUT2D eigenvalue weighted by Gasteiger charge is 2.11. The molecule has 0 spiro atoms. The fraction of sp³-hybridized carbons (Fsp3) is 0.609. The van der Waals surface area contributed by atoms with Crippen LogP contribution in [0, 0.1) is 0 Å². The Hall–Kier alpha value is -1.20. The lowest BCUT2D eigenvalue weighted by Gasteiger charge is -2.17. The number of unbranched alkanes of at least 4 members (excludes halogenated alkanes) is 4. The number of hydrogen-bond donors (Lipinski definition) is 0. The fourth-order valence-corrected chi connectivity index (χ4v) is 3.06. The first-order valence-corrected chi connectivity index (χ1v) is 11.7. The molecule has 29 heavy (non-hydrogen) atoms. The van der Waals surface area contributed by atoms with E-state index < -0.39 is 0 Å². The third-order valence-corrected chi connectivity index (χ3v) is 4.82. The summed E-state index contributed by atoms with van der Waals surface area (Å²) in [6.45, 7) is 10.1. The molecule has 0 heterocycles. The first kappa shape index (κ1) is 25.8. The maximum absolute atomic E-state index is 6.18. The number of halogens is 2. The maximum Gasteiger partial charge on any atom is 0.125 e. The molecule has 0 bridgehead atoms. The van der Waals surface area contributed by atoms with Gasteiger partial charge in [0.25, 0.3) is 0 Å². The van der Waals surface area contributed by atoms with Crippen LogP contribution in [0.2, 0.25) is 0 Å². The molecule has 0 amide bonds. The summed E-state index contributed by atoms with van der Waals surface area (Å²) in [7, 11) is 0. The zero-order valence-electron chi connectivity index (χ0n) is 18.2. The van der Waals surface area contributed by atoms with Crippen LogP contribution >= 0.6 is 27.5 Å². The van der Waals surface area contributed by atoms with E-state index in [2.05, 4.69) is 47.1 Å². The van der Waals surface area contributed by atoms with Crippen molar-refractivity contribution in [2.75, 3.05) is 19.8 Å². The second-order valence-electron chi connectivity index (χ2n) is 7.07. The van der Waals surface area contributed by atoms with Crippen molar-refractivity contribution in [3.05, 3.63) is 33.3 Å². The Morgan fingerprint density at radius 1 is 0.966 bits per heavy atom. The van der Waals surface area contributed by atoms with Crippen molar-refractivity contribution in [1.82, 2.24) is 0 Å². The molecule has 4 nitrogen and oxygen atoms in total. The molecule has 0 aliphatic rings. The first-order valence-electron chi connectivity index (χ1n) is 10.5. The monoisotopic (exact) mass is 487 g/mol. The van der Waals surface area contributed by atoms with Gasteiger partial charge in [-0.1, -0.05) is 43.4 Å². The number of aryl methyl sites for hydroxylation is 2. The Kier molecular flexibility index (Phi) is 13.9. The normalized spacial score (nSPS) is 11.3. The molecule has 1 aromatic rings. The van der Waals surface area contributed by atoms with E-state index in [9.17, 15) is 0 Å². The number of hydrogen-bond acceptors (Lipinski definition) is 4. The molecule has 0 saturated heterocycles. The molecule has 6 heteroatoms. The van der Waals surface area contributed by atoms with Gasteiger partial charge in [0.2, 0.25) is 0 Å². The Labute approximate surface area is 189 Å². The summed E-state index contributed by atoms with van der Waals surface area (Å²) in [6, 6.07) is 4.15. The van der Waals surface area contributed by atoms with Gasteiger partial charge in [-0.2, -0.15) is 0 Å². The first-order chi connectivity index (χ1) is 14.0. The molecule has 0 saturated carbocycles. The lowest BCUT2D eigenvalue weighted by molar-refractivity contribution is 0.139. The largest absolute Gasteiger partial charge is 0.493 e. The van der Waals surface area contributed by atoms with Crippen LogP contribution in [0.25, 0.3) is 0 Å². The number of ether oxygens (including phenoxy) is 2. The van der Waals surface area contributed by atoms with Crippen LogP contribution in [-0.2, 0) is 17.7 Å². The van der Waals surface area contributed by atoms with Crippen molar-refractivity contribution in [2.24, 2.45) is 5.16 Å². The highest BCUT2D eigenvalue weighted by Crippen LogP contribution is 2.31. The topological polar surface area (TPSA) is 40.0 Å². The van der Waals surface area contributed by atoms with Gasteiger partial charge >= 0.3 is 0 Å². The summed E-state index contributed by atoms with van der Waals surface area (Å²) < 4.78 is 12.5. The molecule has 0 atom stereocenters. The van der Waals surface area contributed by atoms with Gasteiger partial charge in [-0.25, -0.2) is 0 Å². The molecule has 0 unspecified atom stereocenters. The van der Waals surface area contributed by atoms with Crippen molar-refractivity contribution >= 4 is 33.2 Å². The summed E-state index contributed by atoms with van der Waals surface area (Å²) in [5, 5.41) is 3.95. The van der Waals surface area contributed by atoms with E-state index in [-0.39, 0.29) is 0 Å². The zero-order valence-corrected chi connectivity index (χ0v) is 20.6. The number of rotatable bonds is 15. The third-order valence-electron chi connectivity index (χ3n) is 4.34. The van der Waals surface area contributed by atoms with Crippen LogP contribution in [0.4, 0.5) is 0 Å². The van der Waals surface area contributed by atoms with Crippen LogP contribution in [0.5, 0.6) is 11.5 Å². The fourth-order valence-electron chi connectivity index (χ4n) is 2.87. The summed E-state index contributed by atoms with van der Waals surface area (Å²) in [5.41, 5.74) is 3.34. The second-order valence-corrected chi connectivity index (χ2v) is 8.79. The van der Waals surface area contributed by atoms with E-state index >= 15 is 0 Å². The highest BCUT2D eigenvalue weighted by molar-refractivity contribution is 9.12. The lowest BCUT2D eigenvalue weighted by Crippen LogP contribution is -2.05. The van der Waals surface area contributed by atoms with Gasteiger partial charge < -0.3 is 14.3 Å². The summed E-state index contributed by atoms with van der Waals surface area (Å²) >= 11 is 8.99. The molecule has 0 N–H and O–H groups in total. The van der Waals surface area contributed by atoms with E-state index in [0.29, 0.717) is 17.2 Å².